The van der Waals surface area contributed by atoms with E-state index in [-0.39, 0.29) is 4.58 Å². The molecule has 0 heterocycles. The van der Waals surface area contributed by atoms with Gasteiger partial charge < -0.3 is 0 Å². The van der Waals surface area contributed by atoms with Crippen LogP contribution in [-0.4, -0.2) is 4.58 Å². The lowest BCUT2D eigenvalue weighted by Crippen LogP contribution is -1.69. The molecule has 0 spiro atoms. The van der Waals surface area contributed by atoms with Crippen molar-refractivity contribution in [2.45, 2.75) is 4.58 Å². The second-order valence-corrected chi connectivity index (χ2v) is 2.17. The van der Waals surface area contributed by atoms with Crippen molar-refractivity contribution in [2.75, 3.05) is 0 Å². The Morgan fingerprint density at radius 3 is 1.80 bits per heavy atom. The lowest BCUT2D eigenvalue weighted by Gasteiger charge is -1.82. The summed E-state index contributed by atoms with van der Waals surface area (Å²) in [6.45, 7) is 3.41. The molecule has 0 unspecified atom stereocenters. The third-order valence-electron chi connectivity index (χ3n) is 0.211. The van der Waals surface area contributed by atoms with Crippen LogP contribution in [-0.2, 0) is 0 Å². The molecule has 0 aromatic heterocycles. The maximum absolute atomic E-state index is 3.84. The molecule has 0 bridgehead atoms. The summed E-state index contributed by atoms with van der Waals surface area (Å²) in [5, 5.41) is 0. The fraction of sp³-hybridized carbons (Fsp3) is 0.333. The minimum absolute atomic E-state index is 0.0370. The third-order valence-corrected chi connectivity index (χ3v) is 0.632. The highest BCUT2D eigenvalue weighted by atomic mass is 32.2. The SMILES string of the molecule is C=CC(S)S. The predicted molar refractivity (Wildman–Crippen MR) is 32.0 cm³/mol. The van der Waals surface area contributed by atoms with E-state index in [0.717, 1.165) is 0 Å². The van der Waals surface area contributed by atoms with E-state index in [4.69, 9.17) is 0 Å². The zero-order chi connectivity index (χ0) is 4.28. The highest BCUT2D eigenvalue weighted by Crippen LogP contribution is 1.97. The molecule has 0 radical (unpaired) electrons. The normalized spacial score (nSPS) is 8.60. The molecule has 0 nitrogen and oxygen atoms in total. The zero-order valence-corrected chi connectivity index (χ0v) is 4.55. The van der Waals surface area contributed by atoms with Crippen molar-refractivity contribution < 1.29 is 0 Å². The van der Waals surface area contributed by atoms with Crippen molar-refractivity contribution in [2.24, 2.45) is 0 Å². The molecular weight excluding hydrogens is 100 g/mol. The van der Waals surface area contributed by atoms with E-state index >= 15 is 0 Å². The minimum Gasteiger partial charge on any atom is -0.161 e. The van der Waals surface area contributed by atoms with Gasteiger partial charge in [0.05, 0.1) is 4.58 Å². The maximum atomic E-state index is 3.84. The zero-order valence-electron chi connectivity index (χ0n) is 2.76. The molecule has 0 aromatic rings. The summed E-state index contributed by atoms with van der Waals surface area (Å²) >= 11 is 7.69. The van der Waals surface area contributed by atoms with Crippen LogP contribution in [0.2, 0.25) is 0 Å². The fourth-order valence-electron chi connectivity index (χ4n) is 0. The molecule has 30 valence electrons. The summed E-state index contributed by atoms with van der Waals surface area (Å²) in [6, 6.07) is 0. The first-order valence-corrected chi connectivity index (χ1v) is 2.29. The Bertz CT molecular complexity index is 31.9. The van der Waals surface area contributed by atoms with Crippen LogP contribution in [0.4, 0.5) is 0 Å². The van der Waals surface area contributed by atoms with Gasteiger partial charge in [0.15, 0.2) is 0 Å². The Morgan fingerprint density at radius 2 is 1.80 bits per heavy atom. The van der Waals surface area contributed by atoms with Crippen molar-refractivity contribution in [3.8, 4) is 0 Å². The Labute approximate surface area is 43.1 Å². The van der Waals surface area contributed by atoms with Gasteiger partial charge in [-0.05, 0) is 0 Å². The molecular formula is C3H6S2. The number of rotatable bonds is 1. The molecule has 0 aliphatic carbocycles. The number of hydrogen-bond donors (Lipinski definition) is 2. The lowest BCUT2D eigenvalue weighted by atomic mass is 10.8. The van der Waals surface area contributed by atoms with Crippen molar-refractivity contribution in [3.63, 3.8) is 0 Å². The van der Waals surface area contributed by atoms with Gasteiger partial charge in [0.1, 0.15) is 0 Å². The van der Waals surface area contributed by atoms with Gasteiger partial charge in [-0.3, -0.25) is 0 Å². The van der Waals surface area contributed by atoms with Crippen LogP contribution in [0.1, 0.15) is 0 Å². The molecule has 0 atom stereocenters. The highest BCUT2D eigenvalue weighted by Gasteiger charge is 1.75. The quantitative estimate of drug-likeness (QED) is 0.281. The Hall–Kier alpha value is 0.440. The van der Waals surface area contributed by atoms with E-state index in [1.54, 1.807) is 6.08 Å². The van der Waals surface area contributed by atoms with Crippen LogP contribution >= 0.6 is 25.3 Å². The van der Waals surface area contributed by atoms with Crippen LogP contribution in [0, 0.1) is 0 Å². The van der Waals surface area contributed by atoms with Gasteiger partial charge in [0.2, 0.25) is 0 Å². The van der Waals surface area contributed by atoms with Gasteiger partial charge in [0.25, 0.3) is 0 Å². The third kappa shape index (κ3) is 4.44. The Balaban J connectivity index is 2.83. The first-order valence-electron chi connectivity index (χ1n) is 1.26. The molecule has 0 fully saturated rings. The second kappa shape index (κ2) is 2.67. The molecule has 0 aromatic carbocycles. The molecule has 0 N–H and O–H groups in total. The second-order valence-electron chi connectivity index (χ2n) is 0.649. The van der Waals surface area contributed by atoms with E-state index in [9.17, 15) is 0 Å². The maximum Gasteiger partial charge on any atom is 0.0620 e. The van der Waals surface area contributed by atoms with E-state index in [2.05, 4.69) is 31.8 Å². The van der Waals surface area contributed by atoms with Crippen molar-refractivity contribution in [1.29, 1.82) is 0 Å². The molecule has 0 amide bonds. The molecule has 2 heteroatoms. The predicted octanol–water partition coefficient (Wildman–Crippen LogP) is 1.36. The van der Waals surface area contributed by atoms with E-state index in [0.29, 0.717) is 0 Å². The van der Waals surface area contributed by atoms with Crippen molar-refractivity contribution in [1.82, 2.24) is 0 Å². The van der Waals surface area contributed by atoms with Gasteiger partial charge in [-0.2, -0.15) is 25.3 Å². The molecule has 0 aliphatic heterocycles. The van der Waals surface area contributed by atoms with Gasteiger partial charge in [-0.25, -0.2) is 0 Å². The summed E-state index contributed by atoms with van der Waals surface area (Å²) in [7, 11) is 0. The lowest BCUT2D eigenvalue weighted by molar-refractivity contribution is 1.73. The van der Waals surface area contributed by atoms with Crippen molar-refractivity contribution >= 4 is 25.3 Å². The minimum atomic E-state index is 0.0370. The van der Waals surface area contributed by atoms with Crippen LogP contribution < -0.4 is 0 Å². The number of hydrogen-bond acceptors (Lipinski definition) is 2. The van der Waals surface area contributed by atoms with Crippen LogP contribution in [0.5, 0.6) is 0 Å². The average Bonchev–Trinajstić information content (AvgIpc) is 1.38. The largest absolute Gasteiger partial charge is 0.161 e. The summed E-state index contributed by atoms with van der Waals surface area (Å²) in [5.41, 5.74) is 0. The van der Waals surface area contributed by atoms with E-state index in [1.807, 2.05) is 0 Å². The van der Waals surface area contributed by atoms with E-state index in [1.165, 1.54) is 0 Å². The summed E-state index contributed by atoms with van der Waals surface area (Å²) < 4.78 is 0.0370. The van der Waals surface area contributed by atoms with Gasteiger partial charge >= 0.3 is 0 Å². The standard InChI is InChI=1S/C3H6S2/c1-2-3(4)5/h2-5H,1H2. The molecule has 0 saturated carbocycles. The van der Waals surface area contributed by atoms with Crippen molar-refractivity contribution in [3.05, 3.63) is 12.7 Å². The highest BCUT2D eigenvalue weighted by molar-refractivity contribution is 7.99. The topological polar surface area (TPSA) is 0 Å². The smallest absolute Gasteiger partial charge is 0.0620 e. The van der Waals surface area contributed by atoms with Crippen LogP contribution in [0.3, 0.4) is 0 Å². The first kappa shape index (κ1) is 5.44. The fourth-order valence-corrected chi connectivity index (χ4v) is 0. The first-order chi connectivity index (χ1) is 2.27. The van der Waals surface area contributed by atoms with Gasteiger partial charge in [-0.1, -0.05) is 6.08 Å². The van der Waals surface area contributed by atoms with Gasteiger partial charge in [-0.15, -0.1) is 6.58 Å². The Kier molecular flexibility index (Phi) is 2.90. The monoisotopic (exact) mass is 106 g/mol. The van der Waals surface area contributed by atoms with Crippen LogP contribution in [0.15, 0.2) is 12.7 Å². The van der Waals surface area contributed by atoms with Crippen LogP contribution in [0.25, 0.3) is 0 Å². The van der Waals surface area contributed by atoms with Gasteiger partial charge in [0, 0.05) is 0 Å². The summed E-state index contributed by atoms with van der Waals surface area (Å²) in [4.78, 5) is 0. The number of thiol groups is 2. The molecule has 5 heavy (non-hydrogen) atoms. The summed E-state index contributed by atoms with van der Waals surface area (Å²) in [6.07, 6.45) is 1.65. The average molecular weight is 106 g/mol. The molecule has 0 rings (SSSR count). The van der Waals surface area contributed by atoms with E-state index < -0.39 is 0 Å². The molecule has 0 aliphatic rings. The summed E-state index contributed by atoms with van der Waals surface area (Å²) in [5.74, 6) is 0. The Morgan fingerprint density at radius 1 is 1.60 bits per heavy atom. The molecule has 0 saturated heterocycles.